The molecule has 0 saturated carbocycles. The highest BCUT2D eigenvalue weighted by Crippen LogP contribution is 2.28. The summed E-state index contributed by atoms with van der Waals surface area (Å²) < 4.78 is 5.47. The lowest BCUT2D eigenvalue weighted by Crippen LogP contribution is -2.48. The van der Waals surface area contributed by atoms with Crippen LogP contribution in [0.1, 0.15) is 27.2 Å². The molecule has 1 aliphatic heterocycles. The van der Waals surface area contributed by atoms with Gasteiger partial charge in [-0.2, -0.15) is 0 Å². The number of benzene rings is 1. The number of rotatable bonds is 5. The van der Waals surface area contributed by atoms with Crippen LogP contribution in [0, 0.1) is 5.41 Å². The van der Waals surface area contributed by atoms with Crippen molar-refractivity contribution < 1.29 is 4.74 Å². The zero-order valence-corrected chi connectivity index (χ0v) is 14.5. The molecule has 0 aliphatic carbocycles. The van der Waals surface area contributed by atoms with E-state index in [0.717, 1.165) is 44.9 Å². The molecular weight excluding hydrogens is 274 g/mol. The summed E-state index contributed by atoms with van der Waals surface area (Å²) in [5, 5.41) is 0. The van der Waals surface area contributed by atoms with E-state index in [1.54, 1.807) is 7.11 Å². The van der Waals surface area contributed by atoms with E-state index in [1.165, 1.54) is 5.69 Å². The van der Waals surface area contributed by atoms with Crippen LogP contribution in [0.5, 0.6) is 5.75 Å². The number of nitrogens with zero attached hydrogens (tertiary/aromatic N) is 2. The zero-order chi connectivity index (χ0) is 16.2. The quantitative estimate of drug-likeness (QED) is 0.908. The summed E-state index contributed by atoms with van der Waals surface area (Å²) in [6.45, 7) is 12.0. The number of ether oxygens (including phenoxy) is 1. The van der Waals surface area contributed by atoms with E-state index >= 15 is 0 Å². The number of piperazine rings is 1. The van der Waals surface area contributed by atoms with Gasteiger partial charge in [0.25, 0.3) is 0 Å². The number of hydrogen-bond donors (Lipinski definition) is 1. The predicted molar refractivity (Wildman–Crippen MR) is 93.7 cm³/mol. The van der Waals surface area contributed by atoms with Crippen molar-refractivity contribution in [3.8, 4) is 5.75 Å². The maximum atomic E-state index is 6.27. The molecule has 0 amide bonds. The molecule has 4 heteroatoms. The molecule has 22 heavy (non-hydrogen) atoms. The van der Waals surface area contributed by atoms with Crippen LogP contribution in [0.3, 0.4) is 0 Å². The first-order chi connectivity index (χ1) is 10.4. The molecule has 1 fully saturated rings. The number of methoxy groups -OCH3 is 1. The van der Waals surface area contributed by atoms with Gasteiger partial charge in [0.15, 0.2) is 0 Å². The van der Waals surface area contributed by atoms with Gasteiger partial charge in [-0.3, -0.25) is 4.90 Å². The third-order valence-corrected chi connectivity index (χ3v) is 4.67. The van der Waals surface area contributed by atoms with Gasteiger partial charge in [0.05, 0.1) is 12.8 Å². The fourth-order valence-corrected chi connectivity index (χ4v) is 2.86. The molecule has 0 aromatic heterocycles. The molecular formula is C18H31N3O. The average molecular weight is 305 g/mol. The Morgan fingerprint density at radius 3 is 2.36 bits per heavy atom. The summed E-state index contributed by atoms with van der Waals surface area (Å²) in [5.41, 5.74) is 7.67. The molecule has 1 aliphatic rings. The topological polar surface area (TPSA) is 41.7 Å². The third kappa shape index (κ3) is 4.37. The number of para-hydroxylation sites is 2. The molecule has 0 radical (unpaired) electrons. The molecule has 1 unspecified atom stereocenters. The van der Waals surface area contributed by atoms with Gasteiger partial charge < -0.3 is 15.4 Å². The molecule has 124 valence electrons. The molecule has 0 spiro atoms. The minimum Gasteiger partial charge on any atom is -0.495 e. The monoisotopic (exact) mass is 305 g/mol. The normalized spacial score (nSPS) is 18.3. The van der Waals surface area contributed by atoms with Crippen LogP contribution in [0.4, 0.5) is 5.69 Å². The van der Waals surface area contributed by atoms with Crippen LogP contribution in [-0.4, -0.2) is 50.8 Å². The Kier molecular flexibility index (Phi) is 5.70. The van der Waals surface area contributed by atoms with E-state index in [0.29, 0.717) is 0 Å². The SMILES string of the molecule is COc1ccccc1N1CCN(CCC(N)C(C)(C)C)CC1. The highest BCUT2D eigenvalue weighted by molar-refractivity contribution is 5.58. The maximum Gasteiger partial charge on any atom is 0.142 e. The molecule has 1 aromatic rings. The van der Waals surface area contributed by atoms with Crippen LogP contribution < -0.4 is 15.4 Å². The van der Waals surface area contributed by atoms with E-state index in [9.17, 15) is 0 Å². The highest BCUT2D eigenvalue weighted by atomic mass is 16.5. The highest BCUT2D eigenvalue weighted by Gasteiger charge is 2.23. The third-order valence-electron chi connectivity index (χ3n) is 4.67. The van der Waals surface area contributed by atoms with Gasteiger partial charge >= 0.3 is 0 Å². The van der Waals surface area contributed by atoms with Crippen molar-refractivity contribution in [3.63, 3.8) is 0 Å². The van der Waals surface area contributed by atoms with Crippen molar-refractivity contribution in [3.05, 3.63) is 24.3 Å². The van der Waals surface area contributed by atoms with Crippen molar-refractivity contribution in [1.82, 2.24) is 4.90 Å². The van der Waals surface area contributed by atoms with Crippen molar-refractivity contribution in [2.24, 2.45) is 11.1 Å². The fraction of sp³-hybridized carbons (Fsp3) is 0.667. The average Bonchev–Trinajstić information content (AvgIpc) is 2.52. The minimum atomic E-state index is 0.194. The lowest BCUT2D eigenvalue weighted by Gasteiger charge is -2.37. The molecule has 2 rings (SSSR count). The van der Waals surface area contributed by atoms with E-state index in [2.05, 4.69) is 42.7 Å². The second kappa shape index (κ2) is 7.34. The van der Waals surface area contributed by atoms with Gasteiger partial charge in [-0.25, -0.2) is 0 Å². The summed E-state index contributed by atoms with van der Waals surface area (Å²) in [4.78, 5) is 4.94. The summed E-state index contributed by atoms with van der Waals surface area (Å²) >= 11 is 0. The minimum absolute atomic E-state index is 0.194. The van der Waals surface area contributed by atoms with Crippen molar-refractivity contribution in [1.29, 1.82) is 0 Å². The second-order valence-corrected chi connectivity index (χ2v) is 7.26. The summed E-state index contributed by atoms with van der Waals surface area (Å²) in [7, 11) is 1.74. The number of hydrogen-bond acceptors (Lipinski definition) is 4. The van der Waals surface area contributed by atoms with E-state index < -0.39 is 0 Å². The summed E-state index contributed by atoms with van der Waals surface area (Å²) in [6, 6.07) is 8.53. The van der Waals surface area contributed by atoms with Gasteiger partial charge in [0.2, 0.25) is 0 Å². The van der Waals surface area contributed by atoms with Gasteiger partial charge in [0.1, 0.15) is 5.75 Å². The largest absolute Gasteiger partial charge is 0.495 e. The maximum absolute atomic E-state index is 6.27. The van der Waals surface area contributed by atoms with Gasteiger partial charge in [-0.15, -0.1) is 0 Å². The molecule has 4 nitrogen and oxygen atoms in total. The Labute approximate surface area is 135 Å². The van der Waals surface area contributed by atoms with Gasteiger partial charge in [-0.1, -0.05) is 32.9 Å². The van der Waals surface area contributed by atoms with Crippen molar-refractivity contribution in [2.75, 3.05) is 44.7 Å². The van der Waals surface area contributed by atoms with Crippen LogP contribution in [0.2, 0.25) is 0 Å². The molecule has 1 saturated heterocycles. The number of nitrogens with two attached hydrogens (primary N) is 1. The van der Waals surface area contributed by atoms with Crippen LogP contribution in [0.25, 0.3) is 0 Å². The fourth-order valence-electron chi connectivity index (χ4n) is 2.86. The Bertz CT molecular complexity index is 462. The first-order valence-electron chi connectivity index (χ1n) is 8.27. The summed E-state index contributed by atoms with van der Waals surface area (Å²) in [5.74, 6) is 0.964. The lowest BCUT2D eigenvalue weighted by atomic mass is 9.85. The smallest absolute Gasteiger partial charge is 0.142 e. The standard InChI is InChI=1S/C18H31N3O/c1-18(2,3)17(19)9-10-20-11-13-21(14-12-20)15-7-5-6-8-16(15)22-4/h5-8,17H,9-14,19H2,1-4H3. The van der Waals surface area contributed by atoms with Gasteiger partial charge in [0, 0.05) is 32.2 Å². The van der Waals surface area contributed by atoms with Crippen LogP contribution in [-0.2, 0) is 0 Å². The Morgan fingerprint density at radius 1 is 1.14 bits per heavy atom. The molecule has 1 atom stereocenters. The molecule has 1 aromatic carbocycles. The Morgan fingerprint density at radius 2 is 1.77 bits per heavy atom. The Balaban J connectivity index is 1.83. The summed E-state index contributed by atoms with van der Waals surface area (Å²) in [6.07, 6.45) is 1.07. The Hall–Kier alpha value is -1.26. The van der Waals surface area contributed by atoms with Crippen molar-refractivity contribution >= 4 is 5.69 Å². The second-order valence-electron chi connectivity index (χ2n) is 7.26. The van der Waals surface area contributed by atoms with Gasteiger partial charge in [-0.05, 0) is 30.5 Å². The molecule has 2 N–H and O–H groups in total. The van der Waals surface area contributed by atoms with Crippen LogP contribution in [0.15, 0.2) is 24.3 Å². The van der Waals surface area contributed by atoms with Crippen LogP contribution >= 0.6 is 0 Å². The molecule has 0 bridgehead atoms. The van der Waals surface area contributed by atoms with E-state index in [1.807, 2.05) is 12.1 Å². The zero-order valence-electron chi connectivity index (χ0n) is 14.5. The van der Waals surface area contributed by atoms with E-state index in [-0.39, 0.29) is 11.5 Å². The van der Waals surface area contributed by atoms with E-state index in [4.69, 9.17) is 10.5 Å². The lowest BCUT2D eigenvalue weighted by molar-refractivity contribution is 0.218. The van der Waals surface area contributed by atoms with Crippen molar-refractivity contribution in [2.45, 2.75) is 33.2 Å². The predicted octanol–water partition coefficient (Wildman–Crippen LogP) is 2.58. The first-order valence-corrected chi connectivity index (χ1v) is 8.27. The molecule has 1 heterocycles. The number of anilines is 1. The first kappa shape index (κ1) is 17.1.